The van der Waals surface area contributed by atoms with Gasteiger partial charge in [-0.2, -0.15) is 5.12 Å². The van der Waals surface area contributed by atoms with Crippen molar-refractivity contribution in [1.82, 2.24) is 14.7 Å². The highest BCUT2D eigenvalue weighted by atomic mass is 28.3. The zero-order valence-electron chi connectivity index (χ0n) is 42.0. The van der Waals surface area contributed by atoms with Gasteiger partial charge < -0.3 is 4.57 Å². The number of fused-ring (bicyclic) bond motifs is 6. The van der Waals surface area contributed by atoms with E-state index in [9.17, 15) is 0 Å². The minimum absolute atomic E-state index is 0.268. The lowest BCUT2D eigenvalue weighted by molar-refractivity contribution is -0.0347. The molecule has 0 amide bonds. The van der Waals surface area contributed by atoms with Crippen LogP contribution in [-0.4, -0.2) is 29.3 Å². The van der Waals surface area contributed by atoms with Crippen LogP contribution in [0.15, 0.2) is 291 Å². The molecule has 13 rings (SSSR count). The Morgan fingerprint density at radius 3 is 1.63 bits per heavy atom. The van der Waals surface area contributed by atoms with Crippen LogP contribution in [0.3, 0.4) is 0 Å². The predicted molar refractivity (Wildman–Crippen MR) is 314 cm³/mol. The van der Waals surface area contributed by atoms with Crippen LogP contribution in [0.4, 0.5) is 0 Å². The number of hydrogen-bond donors (Lipinski definition) is 1. The molecule has 2 N–H and O–H groups in total. The molecule has 2 aliphatic rings. The first-order valence-corrected chi connectivity index (χ1v) is 28.4. The fraction of sp³-hybridized carbons (Fsp3) is 0.0857. The topological polar surface area (TPSA) is 37.4 Å². The van der Waals surface area contributed by atoms with Gasteiger partial charge in [-0.1, -0.05) is 255 Å². The Morgan fingerprint density at radius 2 is 0.987 bits per heavy atom. The maximum atomic E-state index is 7.41. The van der Waals surface area contributed by atoms with Gasteiger partial charge >= 0.3 is 0 Å². The fourth-order valence-electron chi connectivity index (χ4n) is 12.9. The molecule has 10 aromatic carbocycles. The zero-order chi connectivity index (χ0) is 50.2. The molecule has 0 radical (unpaired) electrons. The van der Waals surface area contributed by atoms with Gasteiger partial charge in [0, 0.05) is 29.5 Å². The summed E-state index contributed by atoms with van der Waals surface area (Å²) in [4.78, 5) is 0. The monoisotopic (exact) mass is 982 g/mol. The Balaban J connectivity index is 0.898. The van der Waals surface area contributed by atoms with Crippen LogP contribution in [-0.2, 0) is 18.5 Å². The molecule has 0 bridgehead atoms. The SMILES string of the molecule is NN(CC1=CC([Si](c2ccccc2)(c2ccccc2)c2ccccc2)CC=C1)N(Cc1ccccc1)Cc1cccc(-n2c3ccccc3c3cc4c(cc32)C(c2ccccc2)(c2ccccc2)c2ccccc2-4)c1. The number of rotatable bonds is 14. The van der Waals surface area contributed by atoms with Crippen molar-refractivity contribution in [1.29, 1.82) is 0 Å². The molecule has 0 fully saturated rings. The average molecular weight is 983 g/mol. The molecule has 1 aromatic heterocycles. The minimum atomic E-state index is -2.61. The van der Waals surface area contributed by atoms with Crippen LogP contribution in [0.5, 0.6) is 0 Å². The van der Waals surface area contributed by atoms with E-state index in [-0.39, 0.29) is 5.54 Å². The van der Waals surface area contributed by atoms with Crippen molar-refractivity contribution in [3.63, 3.8) is 0 Å². The van der Waals surface area contributed by atoms with Crippen molar-refractivity contribution in [3.05, 3.63) is 324 Å². The van der Waals surface area contributed by atoms with Gasteiger partial charge in [0.1, 0.15) is 0 Å². The highest BCUT2D eigenvalue weighted by Gasteiger charge is 2.47. The highest BCUT2D eigenvalue weighted by Crippen LogP contribution is 2.57. The Labute approximate surface area is 441 Å². The summed E-state index contributed by atoms with van der Waals surface area (Å²) in [6.07, 6.45) is 8.21. The molecule has 2 aliphatic carbocycles. The lowest BCUT2D eigenvalue weighted by atomic mass is 9.67. The van der Waals surface area contributed by atoms with Gasteiger partial charge in [-0.3, -0.25) is 5.84 Å². The maximum Gasteiger partial charge on any atom is 0.155 e. The molecule has 4 nitrogen and oxygen atoms in total. The average Bonchev–Trinajstić information content (AvgIpc) is 3.98. The number of nitrogens with zero attached hydrogens (tertiary/aromatic N) is 3. The summed E-state index contributed by atoms with van der Waals surface area (Å²) in [6.45, 7) is 1.83. The van der Waals surface area contributed by atoms with E-state index in [0.717, 1.165) is 12.1 Å². The van der Waals surface area contributed by atoms with Gasteiger partial charge in [0.15, 0.2) is 8.07 Å². The van der Waals surface area contributed by atoms with Gasteiger partial charge in [0.25, 0.3) is 0 Å². The van der Waals surface area contributed by atoms with Crippen LogP contribution in [0, 0.1) is 0 Å². The van der Waals surface area contributed by atoms with Gasteiger partial charge in [-0.15, -0.1) is 0 Å². The second-order valence-electron chi connectivity index (χ2n) is 20.3. The van der Waals surface area contributed by atoms with Crippen molar-refractivity contribution < 1.29 is 0 Å². The fourth-order valence-corrected chi connectivity index (χ4v) is 18.3. The number of para-hydroxylation sites is 1. The van der Waals surface area contributed by atoms with Crippen molar-refractivity contribution >= 4 is 45.4 Å². The first kappa shape index (κ1) is 46.4. The minimum Gasteiger partial charge on any atom is -0.309 e. The number of aromatic nitrogens is 1. The summed E-state index contributed by atoms with van der Waals surface area (Å²) >= 11 is 0. The quantitative estimate of drug-likeness (QED) is 0.0511. The predicted octanol–water partition coefficient (Wildman–Crippen LogP) is 13.7. The van der Waals surface area contributed by atoms with E-state index in [4.69, 9.17) is 5.84 Å². The molecule has 1 atom stereocenters. The molecule has 0 saturated heterocycles. The lowest BCUT2D eigenvalue weighted by Gasteiger charge is -2.41. The summed E-state index contributed by atoms with van der Waals surface area (Å²) < 4.78 is 2.49. The van der Waals surface area contributed by atoms with E-state index < -0.39 is 13.5 Å². The standard InChI is InChI=1S/C70H58N4Si/c71-73(51-54-28-24-40-61(46-54)75(58-34-13-4-14-35-58,59-36-15-5-16-37-59)60-38-17-6-18-39-60)72(49-52-25-7-1-8-26-52)50-53-27-23-33-57(45-53)74-68-44-22-20-42-63(68)65-47-64-62-41-19-21-43-66(62)70(67(64)48-69(65)74,55-29-9-2-10-30-55)56-31-11-3-12-32-56/h1-39,41-48,61H,40,49-51,71H2. The Hall–Kier alpha value is -8.42. The number of benzene rings is 10. The van der Waals surface area contributed by atoms with E-state index >= 15 is 0 Å². The smallest absolute Gasteiger partial charge is 0.155 e. The Bertz CT molecular complexity index is 3720. The van der Waals surface area contributed by atoms with Crippen molar-refractivity contribution in [2.24, 2.45) is 5.84 Å². The normalized spacial score (nSPS) is 14.8. The molecule has 0 aliphatic heterocycles. The second-order valence-corrected chi connectivity index (χ2v) is 24.4. The molecule has 1 heterocycles. The second kappa shape index (κ2) is 19.8. The summed E-state index contributed by atoms with van der Waals surface area (Å²) in [5.41, 5.74) is 14.5. The van der Waals surface area contributed by atoms with Crippen LogP contribution < -0.4 is 21.4 Å². The summed E-state index contributed by atoms with van der Waals surface area (Å²) in [5, 5.41) is 11.0. The van der Waals surface area contributed by atoms with Crippen LogP contribution in [0.1, 0.15) is 39.8 Å². The van der Waals surface area contributed by atoms with Crippen LogP contribution >= 0.6 is 0 Å². The van der Waals surface area contributed by atoms with Crippen molar-refractivity contribution in [2.75, 3.05) is 6.54 Å². The highest BCUT2D eigenvalue weighted by molar-refractivity contribution is 7.12. The van der Waals surface area contributed by atoms with Gasteiger partial charge in [-0.25, -0.2) is 5.01 Å². The van der Waals surface area contributed by atoms with Gasteiger partial charge in [0.2, 0.25) is 0 Å². The van der Waals surface area contributed by atoms with E-state index in [0.29, 0.717) is 19.6 Å². The van der Waals surface area contributed by atoms with Gasteiger partial charge in [0.05, 0.1) is 23.0 Å². The van der Waals surface area contributed by atoms with E-state index in [1.165, 1.54) is 87.4 Å². The first-order chi connectivity index (χ1) is 37.1. The van der Waals surface area contributed by atoms with Crippen molar-refractivity contribution in [2.45, 2.75) is 30.5 Å². The molecule has 5 heteroatoms. The molecule has 362 valence electrons. The van der Waals surface area contributed by atoms with E-state index in [2.05, 4.69) is 295 Å². The molecular formula is C70H58N4Si. The summed E-state index contributed by atoms with van der Waals surface area (Å²) in [6, 6.07) is 98.7. The molecular weight excluding hydrogens is 925 g/mol. The van der Waals surface area contributed by atoms with E-state index in [1.807, 2.05) is 5.12 Å². The third-order valence-electron chi connectivity index (χ3n) is 16.1. The molecule has 1 unspecified atom stereocenters. The lowest BCUT2D eigenvalue weighted by Crippen LogP contribution is -2.69. The molecule has 0 spiro atoms. The number of hydrazine groups is 2. The van der Waals surface area contributed by atoms with Gasteiger partial charge in [-0.05, 0) is 108 Å². The first-order valence-electron chi connectivity index (χ1n) is 26.3. The number of hydrogen-bond acceptors (Lipinski definition) is 3. The number of allylic oxidation sites excluding steroid dienone is 2. The molecule has 11 aromatic rings. The third kappa shape index (κ3) is 8.04. The maximum absolute atomic E-state index is 7.41. The van der Waals surface area contributed by atoms with Crippen molar-refractivity contribution in [3.8, 4) is 16.8 Å². The summed E-state index contributed by atoms with van der Waals surface area (Å²) in [5.74, 6) is 7.41. The Kier molecular flexibility index (Phi) is 12.2. The van der Waals surface area contributed by atoms with E-state index in [1.54, 1.807) is 0 Å². The number of nitrogens with two attached hydrogens (primary N) is 1. The third-order valence-corrected chi connectivity index (χ3v) is 21.3. The molecule has 75 heavy (non-hydrogen) atoms. The largest absolute Gasteiger partial charge is 0.309 e. The molecule has 0 saturated carbocycles. The Morgan fingerprint density at radius 1 is 0.453 bits per heavy atom. The van der Waals surface area contributed by atoms with Crippen LogP contribution in [0.2, 0.25) is 5.54 Å². The van der Waals surface area contributed by atoms with Crippen LogP contribution in [0.25, 0.3) is 38.6 Å². The summed E-state index contributed by atoms with van der Waals surface area (Å²) in [7, 11) is -2.61. The zero-order valence-corrected chi connectivity index (χ0v) is 43.0.